The first kappa shape index (κ1) is 3.90. The van der Waals surface area contributed by atoms with E-state index in [1.54, 1.807) is 0 Å². The van der Waals surface area contributed by atoms with Crippen LogP contribution in [0, 0.1) is 12.3 Å². The van der Waals surface area contributed by atoms with Crippen LogP contribution < -0.4 is 5.32 Å². The minimum atomic E-state index is 0.796. The zero-order valence-electron chi connectivity index (χ0n) is 4.35. The molecule has 0 aromatic carbocycles. The van der Waals surface area contributed by atoms with Gasteiger partial charge in [0.15, 0.2) is 0 Å². The van der Waals surface area contributed by atoms with Gasteiger partial charge in [0, 0.05) is 6.04 Å². The van der Waals surface area contributed by atoms with Gasteiger partial charge in [-0.25, -0.2) is 0 Å². The summed E-state index contributed by atoms with van der Waals surface area (Å²) in [6.45, 7) is 1.25. The van der Waals surface area contributed by atoms with E-state index < -0.39 is 0 Å². The van der Waals surface area contributed by atoms with Gasteiger partial charge in [-0.2, -0.15) is 0 Å². The molecule has 7 heavy (non-hydrogen) atoms. The molecule has 1 aliphatic carbocycles. The van der Waals surface area contributed by atoms with Gasteiger partial charge in [0.05, 0.1) is 0 Å². The molecule has 39 valence electrons. The summed E-state index contributed by atoms with van der Waals surface area (Å²) in [6, 6.07) is 0.796. The fraction of sp³-hybridized carbons (Fsp3) is 0.833. The third-order valence-corrected chi connectivity index (χ3v) is 2.00. The van der Waals surface area contributed by atoms with Crippen LogP contribution in [-0.2, 0) is 0 Å². The van der Waals surface area contributed by atoms with Crippen LogP contribution in [-0.4, -0.2) is 12.6 Å². The number of nitrogens with one attached hydrogen (secondary N) is 1. The number of hydrogen-bond acceptors (Lipinski definition) is 1. The van der Waals surface area contributed by atoms with Gasteiger partial charge in [0.1, 0.15) is 0 Å². The van der Waals surface area contributed by atoms with Crippen molar-refractivity contribution in [3.05, 3.63) is 6.42 Å². The van der Waals surface area contributed by atoms with Crippen molar-refractivity contribution in [2.75, 3.05) is 6.54 Å². The Balaban J connectivity index is 2.12. The highest BCUT2D eigenvalue weighted by molar-refractivity contribution is 5.02. The Hall–Kier alpha value is -0.0400. The molecular weight excluding hydrogens is 86.1 g/mol. The number of rotatable bonds is 0. The predicted octanol–water partition coefficient (Wildman–Crippen LogP) is 0.572. The van der Waals surface area contributed by atoms with Crippen LogP contribution in [0.2, 0.25) is 0 Å². The molecule has 0 aromatic heterocycles. The van der Waals surface area contributed by atoms with E-state index in [9.17, 15) is 0 Å². The van der Waals surface area contributed by atoms with E-state index in [2.05, 4.69) is 11.7 Å². The van der Waals surface area contributed by atoms with Crippen LogP contribution in [0.25, 0.3) is 0 Å². The predicted molar refractivity (Wildman–Crippen MR) is 28.8 cm³/mol. The summed E-state index contributed by atoms with van der Waals surface area (Å²) in [5.41, 5.74) is 0. The lowest BCUT2D eigenvalue weighted by atomic mass is 10.1. The summed E-state index contributed by atoms with van der Waals surface area (Å²) in [6.07, 6.45) is 5.28. The monoisotopic (exact) mass is 96.1 g/mol. The topological polar surface area (TPSA) is 12.0 Å². The minimum Gasteiger partial charge on any atom is -0.313 e. The Bertz CT molecular complexity index is 62.2. The van der Waals surface area contributed by atoms with E-state index >= 15 is 0 Å². The summed E-state index contributed by atoms with van der Waals surface area (Å²) in [4.78, 5) is 0. The van der Waals surface area contributed by atoms with Crippen molar-refractivity contribution in [3.8, 4) is 0 Å². The second kappa shape index (κ2) is 1.22. The summed E-state index contributed by atoms with van der Waals surface area (Å²) >= 11 is 0. The van der Waals surface area contributed by atoms with E-state index in [0.29, 0.717) is 0 Å². The van der Waals surface area contributed by atoms with Gasteiger partial charge in [-0.3, -0.25) is 0 Å². The summed E-state index contributed by atoms with van der Waals surface area (Å²) in [7, 11) is 0. The normalized spacial score (nSPS) is 48.0. The van der Waals surface area contributed by atoms with Crippen molar-refractivity contribution in [1.82, 2.24) is 5.32 Å². The molecule has 2 unspecified atom stereocenters. The van der Waals surface area contributed by atoms with Gasteiger partial charge >= 0.3 is 0 Å². The molecule has 2 atom stereocenters. The number of hydrogen-bond donors (Lipinski definition) is 1. The smallest absolute Gasteiger partial charge is 0.0102 e. The van der Waals surface area contributed by atoms with Crippen LogP contribution in [0.4, 0.5) is 0 Å². The van der Waals surface area contributed by atoms with Crippen LogP contribution in [0.3, 0.4) is 0 Å². The second-order valence-electron chi connectivity index (χ2n) is 2.54. The molecule has 2 rings (SSSR count). The first-order valence-corrected chi connectivity index (χ1v) is 3.03. The van der Waals surface area contributed by atoms with E-state index in [1.807, 2.05) is 0 Å². The van der Waals surface area contributed by atoms with Gasteiger partial charge in [-0.15, -0.1) is 0 Å². The molecule has 2 fully saturated rings. The first-order chi connectivity index (χ1) is 3.45. The molecule has 0 aromatic rings. The molecule has 1 saturated carbocycles. The Morgan fingerprint density at radius 1 is 1.43 bits per heavy atom. The molecule has 2 bridgehead atoms. The van der Waals surface area contributed by atoms with Crippen molar-refractivity contribution in [2.45, 2.75) is 18.9 Å². The Labute approximate surface area is 44.1 Å². The highest BCUT2D eigenvalue weighted by Gasteiger charge is 2.30. The molecule has 1 heteroatoms. The maximum Gasteiger partial charge on any atom is 0.0102 e. The average Bonchev–Trinajstić information content (AvgIpc) is 2.22. The van der Waals surface area contributed by atoms with E-state index in [4.69, 9.17) is 0 Å². The molecule has 1 saturated heterocycles. The van der Waals surface area contributed by atoms with E-state index in [1.165, 1.54) is 19.4 Å². The maximum atomic E-state index is 3.40. The summed E-state index contributed by atoms with van der Waals surface area (Å²) in [5.74, 6) is 0.935. The van der Waals surface area contributed by atoms with Crippen LogP contribution in [0.5, 0.6) is 0 Å². The average molecular weight is 96.2 g/mol. The largest absolute Gasteiger partial charge is 0.313 e. The molecule has 2 aliphatic rings. The van der Waals surface area contributed by atoms with E-state index in [0.717, 1.165) is 12.0 Å². The van der Waals surface area contributed by atoms with Gasteiger partial charge < -0.3 is 5.32 Å². The highest BCUT2D eigenvalue weighted by Crippen LogP contribution is 2.28. The SMILES string of the molecule is [CH]1C2CCC1NC2. The molecule has 1 nitrogen and oxygen atoms in total. The standard InChI is InChI=1S/C6H10N/c1-2-6-3-5(1)4-7-6/h3,5-7H,1-2,4H2. The quantitative estimate of drug-likeness (QED) is 0.465. The van der Waals surface area contributed by atoms with Crippen molar-refractivity contribution in [3.63, 3.8) is 0 Å². The Morgan fingerprint density at radius 2 is 2.43 bits per heavy atom. The lowest BCUT2D eigenvalue weighted by molar-refractivity contribution is 0.505. The third kappa shape index (κ3) is 0.480. The minimum absolute atomic E-state index is 0.796. The highest BCUT2D eigenvalue weighted by atomic mass is 15.0. The van der Waals surface area contributed by atoms with Crippen molar-refractivity contribution in [1.29, 1.82) is 0 Å². The molecule has 1 N–H and O–H groups in total. The summed E-state index contributed by atoms with van der Waals surface area (Å²) < 4.78 is 0. The van der Waals surface area contributed by atoms with Gasteiger partial charge in [0.25, 0.3) is 0 Å². The maximum absolute atomic E-state index is 3.40. The van der Waals surface area contributed by atoms with Crippen LogP contribution >= 0.6 is 0 Å². The number of fused-ring (bicyclic) bond motifs is 2. The Kier molecular flexibility index (Phi) is 0.680. The van der Waals surface area contributed by atoms with Crippen LogP contribution in [0.15, 0.2) is 0 Å². The van der Waals surface area contributed by atoms with Crippen molar-refractivity contribution < 1.29 is 0 Å². The van der Waals surface area contributed by atoms with E-state index in [-0.39, 0.29) is 0 Å². The lowest BCUT2D eigenvalue weighted by Gasteiger charge is -2.08. The zero-order chi connectivity index (χ0) is 4.69. The van der Waals surface area contributed by atoms with Crippen molar-refractivity contribution >= 4 is 0 Å². The number of piperidine rings is 1. The third-order valence-electron chi connectivity index (χ3n) is 2.00. The molecule has 0 spiro atoms. The van der Waals surface area contributed by atoms with Crippen LogP contribution in [0.1, 0.15) is 12.8 Å². The molecular formula is C6H10N. The van der Waals surface area contributed by atoms with Crippen molar-refractivity contribution in [2.24, 2.45) is 5.92 Å². The fourth-order valence-electron chi connectivity index (χ4n) is 1.56. The summed E-state index contributed by atoms with van der Waals surface area (Å²) in [5, 5.41) is 3.40. The second-order valence-corrected chi connectivity index (χ2v) is 2.54. The van der Waals surface area contributed by atoms with Gasteiger partial charge in [-0.1, -0.05) is 0 Å². The molecule has 0 amide bonds. The lowest BCUT2D eigenvalue weighted by Crippen LogP contribution is -2.23. The van der Waals surface area contributed by atoms with Gasteiger partial charge in [-0.05, 0) is 31.7 Å². The Morgan fingerprint density at radius 3 is 2.57 bits per heavy atom. The zero-order valence-corrected chi connectivity index (χ0v) is 4.35. The molecule has 1 heterocycles. The van der Waals surface area contributed by atoms with Gasteiger partial charge in [0.2, 0.25) is 0 Å². The molecule has 1 aliphatic heterocycles. The first-order valence-electron chi connectivity index (χ1n) is 3.03. The molecule has 1 radical (unpaired) electrons. The fourth-order valence-corrected chi connectivity index (χ4v) is 1.56.